The van der Waals surface area contributed by atoms with Crippen molar-refractivity contribution < 1.29 is 4.79 Å². The molecule has 0 aliphatic carbocycles. The summed E-state index contributed by atoms with van der Waals surface area (Å²) in [5.74, 6) is 0.0552. The first-order valence-corrected chi connectivity index (χ1v) is 7.34. The second-order valence-corrected chi connectivity index (χ2v) is 5.19. The van der Waals surface area contributed by atoms with Gasteiger partial charge in [-0.2, -0.15) is 0 Å². The van der Waals surface area contributed by atoms with Crippen LogP contribution in [-0.2, 0) is 13.0 Å². The average Bonchev–Trinajstić information content (AvgIpc) is 3.00. The number of fused-ring (bicyclic) bond motifs is 1. The first kappa shape index (κ1) is 13.6. The fraction of sp³-hybridized carbons (Fsp3) is 0.294. The monoisotopic (exact) mass is 281 g/mol. The smallest absolute Gasteiger partial charge is 0.254 e. The maximum absolute atomic E-state index is 12.7. The summed E-state index contributed by atoms with van der Waals surface area (Å²) in [6.07, 6.45) is 2.79. The molecule has 0 spiro atoms. The summed E-state index contributed by atoms with van der Waals surface area (Å²) in [6.45, 7) is 4.16. The van der Waals surface area contributed by atoms with E-state index in [1.54, 1.807) is 6.20 Å². The molecule has 0 fully saturated rings. The van der Waals surface area contributed by atoms with Crippen molar-refractivity contribution in [3.8, 4) is 0 Å². The van der Waals surface area contributed by atoms with Crippen molar-refractivity contribution in [1.29, 1.82) is 0 Å². The molecule has 3 rings (SSSR count). The molecule has 0 saturated heterocycles. The Balaban J connectivity index is 1.79. The van der Waals surface area contributed by atoms with Gasteiger partial charge in [0, 0.05) is 30.5 Å². The van der Waals surface area contributed by atoms with Crippen LogP contribution in [0.25, 0.3) is 0 Å². The van der Waals surface area contributed by atoms with Gasteiger partial charge in [0.15, 0.2) is 0 Å². The zero-order chi connectivity index (χ0) is 14.7. The maximum atomic E-state index is 12.7. The Morgan fingerprint density at radius 1 is 1.33 bits per heavy atom. The second kappa shape index (κ2) is 5.95. The van der Waals surface area contributed by atoms with E-state index in [4.69, 9.17) is 0 Å². The van der Waals surface area contributed by atoms with Gasteiger partial charge < -0.3 is 10.2 Å². The predicted molar refractivity (Wildman–Crippen MR) is 83.3 cm³/mol. The Morgan fingerprint density at radius 3 is 3.00 bits per heavy atom. The van der Waals surface area contributed by atoms with Crippen LogP contribution in [0.5, 0.6) is 0 Å². The molecule has 4 heteroatoms. The molecule has 0 radical (unpaired) electrons. The molecule has 0 saturated carbocycles. The van der Waals surface area contributed by atoms with Gasteiger partial charge >= 0.3 is 0 Å². The molecular formula is C17H19N3O. The van der Waals surface area contributed by atoms with Crippen LogP contribution < -0.4 is 5.32 Å². The molecule has 2 aromatic rings. The molecule has 0 bridgehead atoms. The minimum Gasteiger partial charge on any atom is -0.384 e. The Morgan fingerprint density at radius 2 is 2.24 bits per heavy atom. The van der Waals surface area contributed by atoms with Crippen LogP contribution in [-0.4, -0.2) is 28.9 Å². The lowest BCUT2D eigenvalue weighted by Crippen LogP contribution is -2.30. The van der Waals surface area contributed by atoms with E-state index < -0.39 is 0 Å². The summed E-state index contributed by atoms with van der Waals surface area (Å²) in [7, 11) is 0. The van der Waals surface area contributed by atoms with Crippen molar-refractivity contribution in [2.24, 2.45) is 0 Å². The van der Waals surface area contributed by atoms with Gasteiger partial charge in [0.25, 0.3) is 5.91 Å². The third-order valence-electron chi connectivity index (χ3n) is 3.81. The molecule has 4 nitrogen and oxygen atoms in total. The number of anilines is 1. The summed E-state index contributed by atoms with van der Waals surface area (Å²) in [5, 5.41) is 3.32. The number of pyridine rings is 1. The number of nitrogens with one attached hydrogen (secondary N) is 1. The largest absolute Gasteiger partial charge is 0.384 e. The van der Waals surface area contributed by atoms with Crippen LogP contribution in [0.1, 0.15) is 28.5 Å². The van der Waals surface area contributed by atoms with Crippen molar-refractivity contribution in [3.05, 3.63) is 59.4 Å². The van der Waals surface area contributed by atoms with E-state index in [1.165, 1.54) is 5.56 Å². The van der Waals surface area contributed by atoms with Crippen LogP contribution in [0.4, 0.5) is 5.69 Å². The number of benzene rings is 1. The fourth-order valence-corrected chi connectivity index (χ4v) is 2.62. The van der Waals surface area contributed by atoms with Crippen LogP contribution in [0.3, 0.4) is 0 Å². The van der Waals surface area contributed by atoms with E-state index in [1.807, 2.05) is 42.2 Å². The third-order valence-corrected chi connectivity index (χ3v) is 3.81. The summed E-state index contributed by atoms with van der Waals surface area (Å²) in [4.78, 5) is 18.8. The highest BCUT2D eigenvalue weighted by Gasteiger charge is 2.18. The molecular weight excluding hydrogens is 262 g/mol. The minimum absolute atomic E-state index is 0.0552. The van der Waals surface area contributed by atoms with Crippen LogP contribution in [0.15, 0.2) is 42.6 Å². The lowest BCUT2D eigenvalue weighted by Gasteiger charge is -2.21. The van der Waals surface area contributed by atoms with Crippen LogP contribution in [0, 0.1) is 0 Å². The van der Waals surface area contributed by atoms with Gasteiger partial charge in [0.1, 0.15) is 0 Å². The number of hydrogen-bond donors (Lipinski definition) is 1. The number of hydrogen-bond acceptors (Lipinski definition) is 3. The molecule has 0 atom stereocenters. The first-order valence-electron chi connectivity index (χ1n) is 7.34. The fourth-order valence-electron chi connectivity index (χ4n) is 2.62. The molecule has 0 unspecified atom stereocenters. The number of aromatic nitrogens is 1. The number of amides is 1. The molecule has 1 aromatic carbocycles. The van der Waals surface area contributed by atoms with Crippen molar-refractivity contribution in [2.45, 2.75) is 19.9 Å². The van der Waals surface area contributed by atoms with E-state index in [0.717, 1.165) is 29.9 Å². The highest BCUT2D eigenvalue weighted by molar-refractivity contribution is 5.95. The molecule has 1 aliphatic rings. The van der Waals surface area contributed by atoms with Crippen LogP contribution in [0.2, 0.25) is 0 Å². The Kier molecular flexibility index (Phi) is 3.86. The minimum atomic E-state index is 0.0552. The maximum Gasteiger partial charge on any atom is 0.254 e. The van der Waals surface area contributed by atoms with E-state index in [2.05, 4.69) is 16.4 Å². The van der Waals surface area contributed by atoms with Crippen molar-refractivity contribution in [1.82, 2.24) is 9.88 Å². The van der Waals surface area contributed by atoms with Gasteiger partial charge in [0.2, 0.25) is 0 Å². The quantitative estimate of drug-likeness (QED) is 0.937. The predicted octanol–water partition coefficient (Wildman–Crippen LogP) is 2.71. The van der Waals surface area contributed by atoms with Gasteiger partial charge in [-0.15, -0.1) is 0 Å². The van der Waals surface area contributed by atoms with Crippen molar-refractivity contribution >= 4 is 11.6 Å². The van der Waals surface area contributed by atoms with Crippen molar-refractivity contribution in [3.63, 3.8) is 0 Å². The standard InChI is InChI=1S/C17H19N3O/c1-2-20(12-15-5-3-4-9-18-15)17(21)14-7-6-13-8-10-19-16(13)11-14/h3-7,9,11,19H,2,8,10,12H2,1H3. The van der Waals surface area contributed by atoms with E-state index in [-0.39, 0.29) is 5.91 Å². The summed E-state index contributed by atoms with van der Waals surface area (Å²) in [5.41, 5.74) is 4.03. The number of carbonyl (C=O) groups is 1. The summed E-state index contributed by atoms with van der Waals surface area (Å²) in [6, 6.07) is 11.7. The van der Waals surface area contributed by atoms with Gasteiger partial charge in [-0.3, -0.25) is 9.78 Å². The molecule has 21 heavy (non-hydrogen) atoms. The van der Waals surface area contributed by atoms with Gasteiger partial charge in [-0.05, 0) is 43.2 Å². The van der Waals surface area contributed by atoms with Gasteiger partial charge in [-0.1, -0.05) is 12.1 Å². The third kappa shape index (κ3) is 2.89. The molecule has 2 heterocycles. The lowest BCUT2D eigenvalue weighted by atomic mass is 10.1. The van der Waals surface area contributed by atoms with Crippen molar-refractivity contribution in [2.75, 3.05) is 18.4 Å². The molecule has 1 aliphatic heterocycles. The normalized spacial score (nSPS) is 12.6. The highest BCUT2D eigenvalue weighted by atomic mass is 16.2. The molecule has 1 N–H and O–H groups in total. The summed E-state index contributed by atoms with van der Waals surface area (Å²) < 4.78 is 0. The average molecular weight is 281 g/mol. The second-order valence-electron chi connectivity index (χ2n) is 5.19. The van der Waals surface area contributed by atoms with E-state index in [0.29, 0.717) is 13.1 Å². The molecule has 108 valence electrons. The number of rotatable bonds is 4. The molecule has 1 aromatic heterocycles. The lowest BCUT2D eigenvalue weighted by molar-refractivity contribution is 0.0750. The Hall–Kier alpha value is -2.36. The van der Waals surface area contributed by atoms with Gasteiger partial charge in [0.05, 0.1) is 12.2 Å². The zero-order valence-electron chi connectivity index (χ0n) is 12.2. The Labute approximate surface area is 124 Å². The van der Waals surface area contributed by atoms with Gasteiger partial charge in [-0.25, -0.2) is 0 Å². The Bertz CT molecular complexity index is 640. The SMILES string of the molecule is CCN(Cc1ccccn1)C(=O)c1ccc2c(c1)NCC2. The summed E-state index contributed by atoms with van der Waals surface area (Å²) >= 11 is 0. The zero-order valence-corrected chi connectivity index (χ0v) is 12.2. The first-order chi connectivity index (χ1) is 10.3. The highest BCUT2D eigenvalue weighted by Crippen LogP contribution is 2.24. The van der Waals surface area contributed by atoms with E-state index >= 15 is 0 Å². The number of nitrogens with zero attached hydrogens (tertiary/aromatic N) is 2. The van der Waals surface area contributed by atoms with E-state index in [9.17, 15) is 4.79 Å². The van der Waals surface area contributed by atoms with Crippen LogP contribution >= 0.6 is 0 Å². The topological polar surface area (TPSA) is 45.2 Å². The number of carbonyl (C=O) groups excluding carboxylic acids is 1. The molecule has 1 amide bonds.